The van der Waals surface area contributed by atoms with Gasteiger partial charge in [0.05, 0.1) is 16.6 Å². The molecule has 5 heteroatoms. The molecule has 1 aromatic heterocycles. The van der Waals surface area contributed by atoms with E-state index in [1.807, 2.05) is 42.5 Å². The zero-order valence-electron chi connectivity index (χ0n) is 11.0. The summed E-state index contributed by atoms with van der Waals surface area (Å²) in [4.78, 5) is 10.4. The predicted molar refractivity (Wildman–Crippen MR) is 81.6 cm³/mol. The third-order valence-electron chi connectivity index (χ3n) is 3.11. The predicted octanol–water partition coefficient (Wildman–Crippen LogP) is 3.71. The van der Waals surface area contributed by atoms with E-state index in [2.05, 4.69) is 10.2 Å². The monoisotopic (exact) mass is 277 g/mol. The lowest BCUT2D eigenvalue weighted by Crippen LogP contribution is -1.88. The summed E-state index contributed by atoms with van der Waals surface area (Å²) in [5, 5.41) is 19.8. The molecule has 1 heterocycles. The Hall–Kier alpha value is -3.08. The van der Waals surface area contributed by atoms with E-state index in [4.69, 9.17) is 0 Å². The third kappa shape index (κ3) is 2.76. The molecule has 0 unspecified atom stereocenters. The average Bonchev–Trinajstić information content (AvgIpc) is 2.53. The van der Waals surface area contributed by atoms with Crippen molar-refractivity contribution in [2.45, 2.75) is 0 Å². The van der Waals surface area contributed by atoms with E-state index in [9.17, 15) is 10.1 Å². The Bertz CT molecular complexity index is 838. The van der Waals surface area contributed by atoms with Crippen molar-refractivity contribution in [1.82, 2.24) is 10.2 Å². The van der Waals surface area contributed by atoms with Crippen molar-refractivity contribution in [2.24, 2.45) is 0 Å². The van der Waals surface area contributed by atoms with E-state index in [1.54, 1.807) is 12.3 Å². The Morgan fingerprint density at radius 1 is 1.05 bits per heavy atom. The van der Waals surface area contributed by atoms with E-state index >= 15 is 0 Å². The normalized spacial score (nSPS) is 11.0. The molecule has 0 amide bonds. The van der Waals surface area contributed by atoms with Crippen LogP contribution in [0.5, 0.6) is 0 Å². The van der Waals surface area contributed by atoms with E-state index < -0.39 is 4.92 Å². The molecule has 5 nitrogen and oxygen atoms in total. The first-order valence-corrected chi connectivity index (χ1v) is 6.37. The van der Waals surface area contributed by atoms with Gasteiger partial charge in [0.1, 0.15) is 0 Å². The fraction of sp³-hybridized carbons (Fsp3) is 0. The number of aromatic nitrogens is 2. The van der Waals surface area contributed by atoms with E-state index in [-0.39, 0.29) is 5.69 Å². The summed E-state index contributed by atoms with van der Waals surface area (Å²) in [6.45, 7) is 0. The maximum absolute atomic E-state index is 10.8. The van der Waals surface area contributed by atoms with Crippen LogP contribution in [-0.4, -0.2) is 15.1 Å². The maximum atomic E-state index is 10.8. The highest BCUT2D eigenvalue weighted by atomic mass is 16.6. The second-order valence-corrected chi connectivity index (χ2v) is 4.50. The van der Waals surface area contributed by atoms with Crippen molar-refractivity contribution in [3.05, 3.63) is 76.0 Å². The molecule has 0 radical (unpaired) electrons. The molecule has 3 aromatic rings. The van der Waals surface area contributed by atoms with Gasteiger partial charge in [-0.2, -0.15) is 10.2 Å². The van der Waals surface area contributed by atoms with Gasteiger partial charge in [-0.05, 0) is 11.6 Å². The van der Waals surface area contributed by atoms with E-state index in [0.717, 1.165) is 22.0 Å². The lowest BCUT2D eigenvalue weighted by Gasteiger charge is -2.00. The van der Waals surface area contributed by atoms with Gasteiger partial charge in [-0.15, -0.1) is 0 Å². The highest BCUT2D eigenvalue weighted by Crippen LogP contribution is 2.19. The van der Waals surface area contributed by atoms with Gasteiger partial charge < -0.3 is 0 Å². The summed E-state index contributed by atoms with van der Waals surface area (Å²) in [6, 6.07) is 14.2. The number of non-ortho nitro benzene ring substituents is 1. The zero-order chi connectivity index (χ0) is 14.7. The summed E-state index contributed by atoms with van der Waals surface area (Å²) in [7, 11) is 0. The van der Waals surface area contributed by atoms with Gasteiger partial charge >= 0.3 is 0 Å². The SMILES string of the molecule is O=[N+]([O-])c1cccc(/C=C/c2cnnc3ccccc23)c1. The molecule has 21 heavy (non-hydrogen) atoms. The number of hydrogen-bond acceptors (Lipinski definition) is 4. The topological polar surface area (TPSA) is 68.9 Å². The first kappa shape index (κ1) is 12.9. The van der Waals surface area contributed by atoms with Gasteiger partial charge in [0.15, 0.2) is 0 Å². The van der Waals surface area contributed by atoms with Crippen LogP contribution >= 0.6 is 0 Å². The smallest absolute Gasteiger partial charge is 0.258 e. The molecular weight excluding hydrogens is 266 g/mol. The molecule has 0 saturated carbocycles. The van der Waals surface area contributed by atoms with Crippen LogP contribution in [0.25, 0.3) is 23.1 Å². The molecule has 0 aliphatic heterocycles. The Morgan fingerprint density at radius 3 is 2.76 bits per heavy atom. The number of hydrogen-bond donors (Lipinski definition) is 0. The molecule has 0 aliphatic carbocycles. The van der Waals surface area contributed by atoms with Gasteiger partial charge in [-0.3, -0.25) is 10.1 Å². The lowest BCUT2D eigenvalue weighted by atomic mass is 10.1. The zero-order valence-corrected chi connectivity index (χ0v) is 11.0. The largest absolute Gasteiger partial charge is 0.270 e. The van der Waals surface area contributed by atoms with Crippen molar-refractivity contribution < 1.29 is 4.92 Å². The summed E-state index contributed by atoms with van der Waals surface area (Å²) < 4.78 is 0. The minimum absolute atomic E-state index is 0.0786. The van der Waals surface area contributed by atoms with Crippen molar-refractivity contribution in [3.8, 4) is 0 Å². The number of nitrogens with zero attached hydrogens (tertiary/aromatic N) is 3. The van der Waals surface area contributed by atoms with Gasteiger partial charge in [-0.25, -0.2) is 0 Å². The van der Waals surface area contributed by atoms with Gasteiger partial charge in [0, 0.05) is 23.1 Å². The summed E-state index contributed by atoms with van der Waals surface area (Å²) in [5.41, 5.74) is 2.59. The lowest BCUT2D eigenvalue weighted by molar-refractivity contribution is -0.384. The number of rotatable bonds is 3. The molecule has 0 atom stereocenters. The second-order valence-electron chi connectivity index (χ2n) is 4.50. The Kier molecular flexibility index (Phi) is 3.39. The van der Waals surface area contributed by atoms with Crippen LogP contribution in [-0.2, 0) is 0 Å². The molecule has 0 saturated heterocycles. The highest BCUT2D eigenvalue weighted by Gasteiger charge is 2.04. The van der Waals surface area contributed by atoms with Gasteiger partial charge in [0.2, 0.25) is 0 Å². The quantitative estimate of drug-likeness (QED) is 0.540. The molecule has 0 bridgehead atoms. The van der Waals surface area contributed by atoms with Crippen molar-refractivity contribution in [1.29, 1.82) is 0 Å². The van der Waals surface area contributed by atoms with Crippen LogP contribution in [0.2, 0.25) is 0 Å². The van der Waals surface area contributed by atoms with Crippen LogP contribution < -0.4 is 0 Å². The molecule has 0 fully saturated rings. The summed E-state index contributed by atoms with van der Waals surface area (Å²) in [6.07, 6.45) is 5.39. The maximum Gasteiger partial charge on any atom is 0.270 e. The fourth-order valence-corrected chi connectivity index (χ4v) is 2.09. The Morgan fingerprint density at radius 2 is 1.90 bits per heavy atom. The third-order valence-corrected chi connectivity index (χ3v) is 3.11. The second kappa shape index (κ2) is 5.50. The van der Waals surface area contributed by atoms with Crippen molar-refractivity contribution >= 4 is 28.7 Å². The standard InChI is InChI=1S/C16H11N3O2/c20-19(21)14-5-3-4-12(10-14)8-9-13-11-17-18-16-7-2-1-6-15(13)16/h1-11H/b9-8+. The van der Waals surface area contributed by atoms with Gasteiger partial charge in [-0.1, -0.05) is 42.5 Å². The average molecular weight is 277 g/mol. The fourth-order valence-electron chi connectivity index (χ4n) is 2.09. The van der Waals surface area contributed by atoms with Crippen LogP contribution in [0.1, 0.15) is 11.1 Å². The highest BCUT2D eigenvalue weighted by molar-refractivity contribution is 5.89. The van der Waals surface area contributed by atoms with Crippen LogP contribution in [0, 0.1) is 10.1 Å². The van der Waals surface area contributed by atoms with Crippen LogP contribution in [0.4, 0.5) is 5.69 Å². The molecule has 102 valence electrons. The number of fused-ring (bicyclic) bond motifs is 1. The molecule has 0 spiro atoms. The first-order chi connectivity index (χ1) is 10.2. The minimum atomic E-state index is -0.402. The molecule has 3 rings (SSSR count). The van der Waals surface area contributed by atoms with Crippen LogP contribution in [0.3, 0.4) is 0 Å². The van der Waals surface area contributed by atoms with Crippen LogP contribution in [0.15, 0.2) is 54.7 Å². The number of benzene rings is 2. The Labute approximate surface area is 120 Å². The Balaban J connectivity index is 1.98. The number of nitro groups is 1. The molecule has 0 N–H and O–H groups in total. The minimum Gasteiger partial charge on any atom is -0.258 e. The number of nitro benzene ring substituents is 1. The first-order valence-electron chi connectivity index (χ1n) is 6.37. The van der Waals surface area contributed by atoms with Crippen molar-refractivity contribution in [3.63, 3.8) is 0 Å². The van der Waals surface area contributed by atoms with E-state index in [0.29, 0.717) is 0 Å². The van der Waals surface area contributed by atoms with Gasteiger partial charge in [0.25, 0.3) is 5.69 Å². The molecule has 0 aliphatic rings. The van der Waals surface area contributed by atoms with E-state index in [1.165, 1.54) is 12.1 Å². The summed E-state index contributed by atoms with van der Waals surface area (Å²) >= 11 is 0. The summed E-state index contributed by atoms with van der Waals surface area (Å²) in [5.74, 6) is 0. The van der Waals surface area contributed by atoms with Crippen molar-refractivity contribution in [2.75, 3.05) is 0 Å². The molecular formula is C16H11N3O2. The molecule has 2 aromatic carbocycles.